The topological polar surface area (TPSA) is 73.5 Å². The summed E-state index contributed by atoms with van der Waals surface area (Å²) in [6, 6.07) is 7.63. The first-order valence-electron chi connectivity index (χ1n) is 6.28. The number of rotatable bonds is 5. The zero-order valence-corrected chi connectivity index (χ0v) is 11.8. The summed E-state index contributed by atoms with van der Waals surface area (Å²) in [5.41, 5.74) is 7.41. The van der Waals surface area contributed by atoms with E-state index in [0.29, 0.717) is 24.0 Å². The number of hydrogen-bond donors (Lipinski definition) is 1. The second-order valence-electron chi connectivity index (χ2n) is 4.11. The molecule has 6 heteroatoms. The molecule has 6 nitrogen and oxygen atoms in total. The predicted molar refractivity (Wildman–Crippen MR) is 78.7 cm³/mol. The Morgan fingerprint density at radius 1 is 1.20 bits per heavy atom. The van der Waals surface area contributed by atoms with Crippen LogP contribution in [0.4, 0.5) is 17.2 Å². The second kappa shape index (κ2) is 6.10. The molecule has 1 heterocycles. The maximum atomic E-state index is 6.05. The molecular weight excluding hydrogens is 256 g/mol. The highest BCUT2D eigenvalue weighted by molar-refractivity contribution is 5.73. The number of ether oxygens (including phenoxy) is 2. The summed E-state index contributed by atoms with van der Waals surface area (Å²) < 4.78 is 10.5. The molecule has 0 fully saturated rings. The molecule has 1 aromatic heterocycles. The van der Waals surface area contributed by atoms with Gasteiger partial charge < -0.3 is 20.1 Å². The number of nitrogen functional groups attached to an aromatic ring is 1. The van der Waals surface area contributed by atoms with E-state index in [1.807, 2.05) is 43.1 Å². The highest BCUT2D eigenvalue weighted by Crippen LogP contribution is 2.32. The molecule has 2 N–H and O–H groups in total. The van der Waals surface area contributed by atoms with Gasteiger partial charge in [0.15, 0.2) is 5.82 Å². The van der Waals surface area contributed by atoms with Crippen LogP contribution in [0.25, 0.3) is 0 Å². The van der Waals surface area contributed by atoms with Crippen LogP contribution in [-0.4, -0.2) is 30.7 Å². The Bertz CT molecular complexity index is 572. The molecule has 0 bridgehead atoms. The van der Waals surface area contributed by atoms with E-state index >= 15 is 0 Å². The summed E-state index contributed by atoms with van der Waals surface area (Å²) in [5.74, 6) is 1.80. The third-order valence-electron chi connectivity index (χ3n) is 2.88. The van der Waals surface area contributed by atoms with Crippen LogP contribution >= 0.6 is 0 Å². The Labute approximate surface area is 118 Å². The maximum Gasteiger partial charge on any atom is 0.242 e. The molecule has 0 spiro atoms. The largest absolute Gasteiger partial charge is 0.497 e. The van der Waals surface area contributed by atoms with Crippen LogP contribution in [0, 0.1) is 0 Å². The lowest BCUT2D eigenvalue weighted by Gasteiger charge is -2.20. The van der Waals surface area contributed by atoms with Crippen molar-refractivity contribution in [1.29, 1.82) is 0 Å². The molecule has 2 aromatic rings. The molecule has 0 radical (unpaired) electrons. The zero-order valence-electron chi connectivity index (χ0n) is 11.8. The first kappa shape index (κ1) is 13.9. The van der Waals surface area contributed by atoms with Crippen molar-refractivity contribution in [2.75, 3.05) is 31.4 Å². The van der Waals surface area contributed by atoms with Crippen LogP contribution in [0.15, 0.2) is 30.6 Å². The molecule has 0 atom stereocenters. The second-order valence-corrected chi connectivity index (χ2v) is 4.11. The normalized spacial score (nSPS) is 10.2. The fourth-order valence-electron chi connectivity index (χ4n) is 1.82. The standard InChI is InChI=1S/C14H18N4O2/c1-4-20-14-12(15)13(16-9-17-14)18(2)10-5-7-11(19-3)8-6-10/h5-9H,4,15H2,1-3H3. The summed E-state index contributed by atoms with van der Waals surface area (Å²) in [4.78, 5) is 10.1. The average molecular weight is 274 g/mol. The van der Waals surface area contributed by atoms with Crippen molar-refractivity contribution in [2.45, 2.75) is 6.92 Å². The van der Waals surface area contributed by atoms with Crippen molar-refractivity contribution in [3.05, 3.63) is 30.6 Å². The SMILES string of the molecule is CCOc1ncnc(N(C)c2ccc(OC)cc2)c1N. The van der Waals surface area contributed by atoms with E-state index in [-0.39, 0.29) is 0 Å². The molecule has 20 heavy (non-hydrogen) atoms. The number of hydrogen-bond acceptors (Lipinski definition) is 6. The number of benzene rings is 1. The van der Waals surface area contributed by atoms with Gasteiger partial charge in [-0.2, -0.15) is 4.98 Å². The van der Waals surface area contributed by atoms with Gasteiger partial charge in [0, 0.05) is 12.7 Å². The highest BCUT2D eigenvalue weighted by Gasteiger charge is 2.14. The fourth-order valence-corrected chi connectivity index (χ4v) is 1.82. The van der Waals surface area contributed by atoms with Gasteiger partial charge in [-0.25, -0.2) is 4.98 Å². The van der Waals surface area contributed by atoms with E-state index < -0.39 is 0 Å². The monoisotopic (exact) mass is 274 g/mol. The van der Waals surface area contributed by atoms with Crippen molar-refractivity contribution < 1.29 is 9.47 Å². The quantitative estimate of drug-likeness (QED) is 0.901. The minimum atomic E-state index is 0.401. The number of nitrogens with two attached hydrogens (primary N) is 1. The van der Waals surface area contributed by atoms with Crippen molar-refractivity contribution in [3.8, 4) is 11.6 Å². The third-order valence-corrected chi connectivity index (χ3v) is 2.88. The van der Waals surface area contributed by atoms with Gasteiger partial charge in [-0.05, 0) is 31.2 Å². The van der Waals surface area contributed by atoms with Crippen molar-refractivity contribution >= 4 is 17.2 Å². The summed E-state index contributed by atoms with van der Waals surface area (Å²) in [5, 5.41) is 0. The van der Waals surface area contributed by atoms with E-state index in [0.717, 1.165) is 11.4 Å². The summed E-state index contributed by atoms with van der Waals surface area (Å²) in [6.07, 6.45) is 1.44. The molecule has 0 amide bonds. The number of aromatic nitrogens is 2. The Morgan fingerprint density at radius 2 is 1.90 bits per heavy atom. The molecule has 0 saturated heterocycles. The lowest BCUT2D eigenvalue weighted by Crippen LogP contribution is -2.14. The summed E-state index contributed by atoms with van der Waals surface area (Å²) >= 11 is 0. The first-order chi connectivity index (χ1) is 9.67. The van der Waals surface area contributed by atoms with Crippen molar-refractivity contribution in [2.24, 2.45) is 0 Å². The van der Waals surface area contributed by atoms with Gasteiger partial charge in [0.25, 0.3) is 0 Å². The third kappa shape index (κ3) is 2.74. The van der Waals surface area contributed by atoms with E-state index in [4.69, 9.17) is 15.2 Å². The number of methoxy groups -OCH3 is 1. The lowest BCUT2D eigenvalue weighted by molar-refractivity contribution is 0.328. The van der Waals surface area contributed by atoms with Crippen LogP contribution in [0.2, 0.25) is 0 Å². The zero-order chi connectivity index (χ0) is 14.5. The van der Waals surface area contributed by atoms with Gasteiger partial charge >= 0.3 is 0 Å². The van der Waals surface area contributed by atoms with Gasteiger partial charge in [-0.1, -0.05) is 0 Å². The minimum Gasteiger partial charge on any atom is -0.497 e. The van der Waals surface area contributed by atoms with Gasteiger partial charge in [0.2, 0.25) is 5.88 Å². The van der Waals surface area contributed by atoms with Crippen molar-refractivity contribution in [3.63, 3.8) is 0 Å². The van der Waals surface area contributed by atoms with Gasteiger partial charge in [0.1, 0.15) is 17.8 Å². The van der Waals surface area contributed by atoms with Crippen LogP contribution in [-0.2, 0) is 0 Å². The Morgan fingerprint density at radius 3 is 2.50 bits per heavy atom. The minimum absolute atomic E-state index is 0.401. The van der Waals surface area contributed by atoms with Gasteiger partial charge in [0.05, 0.1) is 13.7 Å². The highest BCUT2D eigenvalue weighted by atomic mass is 16.5. The average Bonchev–Trinajstić information content (AvgIpc) is 2.49. The number of anilines is 3. The molecule has 0 unspecified atom stereocenters. The molecule has 0 aliphatic heterocycles. The molecule has 0 saturated carbocycles. The van der Waals surface area contributed by atoms with Gasteiger partial charge in [-0.15, -0.1) is 0 Å². The Kier molecular flexibility index (Phi) is 4.24. The fraction of sp³-hybridized carbons (Fsp3) is 0.286. The number of nitrogens with zero attached hydrogens (tertiary/aromatic N) is 3. The van der Waals surface area contributed by atoms with Crippen LogP contribution in [0.3, 0.4) is 0 Å². The lowest BCUT2D eigenvalue weighted by atomic mass is 10.2. The van der Waals surface area contributed by atoms with E-state index in [1.165, 1.54) is 6.33 Å². The van der Waals surface area contributed by atoms with E-state index in [9.17, 15) is 0 Å². The van der Waals surface area contributed by atoms with Gasteiger partial charge in [-0.3, -0.25) is 0 Å². The van der Waals surface area contributed by atoms with E-state index in [2.05, 4.69) is 9.97 Å². The molecule has 0 aliphatic rings. The maximum absolute atomic E-state index is 6.05. The van der Waals surface area contributed by atoms with E-state index in [1.54, 1.807) is 7.11 Å². The molecular formula is C14H18N4O2. The molecule has 2 rings (SSSR count). The molecule has 106 valence electrons. The first-order valence-corrected chi connectivity index (χ1v) is 6.28. The van der Waals surface area contributed by atoms with Crippen molar-refractivity contribution in [1.82, 2.24) is 9.97 Å². The van der Waals surface area contributed by atoms with Crippen LogP contribution in [0.1, 0.15) is 6.92 Å². The molecule has 1 aromatic carbocycles. The van der Waals surface area contributed by atoms with Crippen LogP contribution in [0.5, 0.6) is 11.6 Å². The summed E-state index contributed by atoms with van der Waals surface area (Å²) in [7, 11) is 3.52. The predicted octanol–water partition coefficient (Wildman–Crippen LogP) is 2.23. The Hall–Kier alpha value is -2.50. The summed E-state index contributed by atoms with van der Waals surface area (Å²) in [6.45, 7) is 2.39. The van der Waals surface area contributed by atoms with Crippen LogP contribution < -0.4 is 20.1 Å². The molecule has 0 aliphatic carbocycles. The smallest absolute Gasteiger partial charge is 0.242 e. The Balaban J connectivity index is 2.32.